The summed E-state index contributed by atoms with van der Waals surface area (Å²) in [4.78, 5) is 26.7. The molecule has 152 valence electrons. The third-order valence-electron chi connectivity index (χ3n) is 5.15. The molecule has 1 saturated heterocycles. The normalized spacial score (nSPS) is 16.3. The molecule has 0 bridgehead atoms. The Kier molecular flexibility index (Phi) is 4.90. The highest BCUT2D eigenvalue weighted by Crippen LogP contribution is 2.23. The molecule has 5 rings (SSSR count). The summed E-state index contributed by atoms with van der Waals surface area (Å²) in [5.74, 6) is 0.520. The van der Waals surface area contributed by atoms with E-state index in [1.54, 1.807) is 6.20 Å². The second kappa shape index (κ2) is 8.00. The van der Waals surface area contributed by atoms with E-state index in [9.17, 15) is 4.79 Å². The SMILES string of the molecule is O=C(c1cc2cc(Nc3nccc(C4=CC=CCN4)n3)ccc2[nH]1)N1CCOCC1. The average molecular weight is 402 g/mol. The average Bonchev–Trinajstić information content (AvgIpc) is 3.23. The fourth-order valence-corrected chi connectivity index (χ4v) is 3.60. The molecule has 2 aromatic heterocycles. The number of allylic oxidation sites excluding steroid dienone is 2. The van der Waals surface area contributed by atoms with Gasteiger partial charge in [-0.15, -0.1) is 0 Å². The summed E-state index contributed by atoms with van der Waals surface area (Å²) < 4.78 is 5.33. The molecule has 3 aromatic rings. The van der Waals surface area contributed by atoms with Crippen molar-refractivity contribution in [1.82, 2.24) is 25.2 Å². The number of hydrogen-bond donors (Lipinski definition) is 3. The van der Waals surface area contributed by atoms with Gasteiger partial charge in [0.25, 0.3) is 5.91 Å². The van der Waals surface area contributed by atoms with Crippen LogP contribution < -0.4 is 10.6 Å². The first-order valence-corrected chi connectivity index (χ1v) is 9.97. The van der Waals surface area contributed by atoms with Crippen molar-refractivity contribution in [2.24, 2.45) is 0 Å². The number of nitrogens with one attached hydrogen (secondary N) is 3. The van der Waals surface area contributed by atoms with Crippen LogP contribution >= 0.6 is 0 Å². The topological polar surface area (TPSA) is 95.2 Å². The number of ether oxygens (including phenoxy) is 1. The van der Waals surface area contributed by atoms with Gasteiger partial charge in [-0.3, -0.25) is 4.79 Å². The number of aromatic amines is 1. The maximum Gasteiger partial charge on any atom is 0.270 e. The minimum Gasteiger partial charge on any atom is -0.380 e. The lowest BCUT2D eigenvalue weighted by molar-refractivity contribution is 0.0299. The molecule has 4 heterocycles. The molecular weight excluding hydrogens is 380 g/mol. The Labute approximate surface area is 173 Å². The Hall–Kier alpha value is -3.65. The highest BCUT2D eigenvalue weighted by molar-refractivity contribution is 5.98. The van der Waals surface area contributed by atoms with Crippen molar-refractivity contribution >= 4 is 34.1 Å². The summed E-state index contributed by atoms with van der Waals surface area (Å²) in [6.45, 7) is 3.20. The summed E-state index contributed by atoms with van der Waals surface area (Å²) in [5.41, 5.74) is 4.16. The summed E-state index contributed by atoms with van der Waals surface area (Å²) in [6, 6.07) is 9.64. The van der Waals surface area contributed by atoms with Gasteiger partial charge in [0.1, 0.15) is 5.69 Å². The van der Waals surface area contributed by atoms with Gasteiger partial charge in [0, 0.05) is 42.4 Å². The lowest BCUT2D eigenvalue weighted by Gasteiger charge is -2.26. The highest BCUT2D eigenvalue weighted by atomic mass is 16.5. The van der Waals surface area contributed by atoms with Crippen molar-refractivity contribution in [2.75, 3.05) is 38.2 Å². The first-order chi connectivity index (χ1) is 14.8. The van der Waals surface area contributed by atoms with Crippen LogP contribution in [0, 0.1) is 0 Å². The zero-order valence-corrected chi connectivity index (χ0v) is 16.4. The Morgan fingerprint density at radius 3 is 2.90 bits per heavy atom. The van der Waals surface area contributed by atoms with Crippen LogP contribution in [0.4, 0.5) is 11.6 Å². The number of aromatic nitrogens is 3. The van der Waals surface area contributed by atoms with Crippen molar-refractivity contribution in [3.8, 4) is 0 Å². The fraction of sp³-hybridized carbons (Fsp3) is 0.227. The van der Waals surface area contributed by atoms with Gasteiger partial charge < -0.3 is 25.3 Å². The number of rotatable bonds is 4. The Balaban J connectivity index is 1.36. The molecule has 0 spiro atoms. The number of fused-ring (bicyclic) bond motifs is 1. The van der Waals surface area contributed by atoms with E-state index in [1.807, 2.05) is 53.5 Å². The van der Waals surface area contributed by atoms with Gasteiger partial charge in [-0.25, -0.2) is 9.97 Å². The van der Waals surface area contributed by atoms with Crippen LogP contribution in [0.15, 0.2) is 54.8 Å². The Morgan fingerprint density at radius 2 is 2.07 bits per heavy atom. The number of dihydropyridines is 1. The number of carbonyl (C=O) groups is 1. The van der Waals surface area contributed by atoms with Gasteiger partial charge >= 0.3 is 0 Å². The minimum absolute atomic E-state index is 0.00218. The lowest BCUT2D eigenvalue weighted by Crippen LogP contribution is -2.40. The largest absolute Gasteiger partial charge is 0.380 e. The monoisotopic (exact) mass is 402 g/mol. The van der Waals surface area contributed by atoms with Gasteiger partial charge in [-0.05, 0) is 36.4 Å². The van der Waals surface area contributed by atoms with Gasteiger partial charge in [-0.1, -0.05) is 12.2 Å². The Morgan fingerprint density at radius 1 is 1.17 bits per heavy atom. The standard InChI is InChI=1S/C22H22N6O2/c29-21(28-9-11-30-12-10-28)20-14-15-13-16(4-5-17(15)26-20)25-22-24-8-6-19(27-22)18-3-1-2-7-23-18/h1-6,8,13-14,23,26H,7,9-12H2,(H,24,25,27). The summed E-state index contributed by atoms with van der Waals surface area (Å²) in [5, 5.41) is 7.51. The molecule has 0 unspecified atom stereocenters. The second-order valence-corrected chi connectivity index (χ2v) is 7.17. The van der Waals surface area contributed by atoms with Gasteiger partial charge in [0.05, 0.1) is 24.6 Å². The smallest absolute Gasteiger partial charge is 0.270 e. The maximum absolute atomic E-state index is 12.7. The van der Waals surface area contributed by atoms with Crippen LogP contribution in [0.5, 0.6) is 0 Å². The molecular formula is C22H22N6O2. The van der Waals surface area contributed by atoms with E-state index in [0.717, 1.165) is 34.5 Å². The molecule has 0 aliphatic carbocycles. The van der Waals surface area contributed by atoms with E-state index in [1.165, 1.54) is 0 Å². The first-order valence-electron chi connectivity index (χ1n) is 9.97. The first kappa shape index (κ1) is 18.4. The van der Waals surface area contributed by atoms with Crippen molar-refractivity contribution in [1.29, 1.82) is 0 Å². The zero-order chi connectivity index (χ0) is 20.3. The molecule has 8 nitrogen and oxygen atoms in total. The summed E-state index contributed by atoms with van der Waals surface area (Å²) in [7, 11) is 0. The number of carbonyl (C=O) groups excluding carboxylic acids is 1. The number of amides is 1. The quantitative estimate of drug-likeness (QED) is 0.621. The lowest BCUT2D eigenvalue weighted by atomic mass is 10.2. The number of benzene rings is 1. The van der Waals surface area contributed by atoms with Gasteiger partial charge in [0.2, 0.25) is 5.95 Å². The second-order valence-electron chi connectivity index (χ2n) is 7.17. The van der Waals surface area contributed by atoms with Crippen molar-refractivity contribution in [3.05, 3.63) is 66.1 Å². The molecule has 0 radical (unpaired) electrons. The van der Waals surface area contributed by atoms with E-state index in [0.29, 0.717) is 37.9 Å². The van der Waals surface area contributed by atoms with E-state index in [4.69, 9.17) is 4.74 Å². The predicted octanol–water partition coefficient (Wildman–Crippen LogP) is 2.67. The van der Waals surface area contributed by atoms with E-state index in [2.05, 4.69) is 25.6 Å². The van der Waals surface area contributed by atoms with Crippen LogP contribution in [0.25, 0.3) is 16.6 Å². The third kappa shape index (κ3) is 3.77. The number of hydrogen-bond acceptors (Lipinski definition) is 6. The van der Waals surface area contributed by atoms with Crippen molar-refractivity contribution in [2.45, 2.75) is 0 Å². The fourth-order valence-electron chi connectivity index (χ4n) is 3.60. The maximum atomic E-state index is 12.7. The number of H-pyrrole nitrogens is 1. The van der Waals surface area contributed by atoms with E-state index in [-0.39, 0.29) is 5.91 Å². The van der Waals surface area contributed by atoms with Gasteiger partial charge in [0.15, 0.2) is 0 Å². The molecule has 0 atom stereocenters. The molecule has 2 aliphatic rings. The molecule has 2 aliphatic heterocycles. The van der Waals surface area contributed by atoms with Crippen molar-refractivity contribution in [3.63, 3.8) is 0 Å². The Bertz CT molecular complexity index is 1140. The molecule has 1 aromatic carbocycles. The highest BCUT2D eigenvalue weighted by Gasteiger charge is 2.20. The molecule has 30 heavy (non-hydrogen) atoms. The van der Waals surface area contributed by atoms with Crippen LogP contribution in [0.2, 0.25) is 0 Å². The van der Waals surface area contributed by atoms with Crippen LogP contribution in [0.3, 0.4) is 0 Å². The third-order valence-corrected chi connectivity index (χ3v) is 5.15. The van der Waals surface area contributed by atoms with E-state index < -0.39 is 0 Å². The number of nitrogens with zero attached hydrogens (tertiary/aromatic N) is 3. The van der Waals surface area contributed by atoms with Gasteiger partial charge in [-0.2, -0.15) is 0 Å². The van der Waals surface area contributed by atoms with Crippen LogP contribution in [0.1, 0.15) is 16.2 Å². The molecule has 3 N–H and O–H groups in total. The van der Waals surface area contributed by atoms with Crippen LogP contribution in [-0.2, 0) is 4.74 Å². The predicted molar refractivity (Wildman–Crippen MR) is 115 cm³/mol. The summed E-state index contributed by atoms with van der Waals surface area (Å²) in [6.07, 6.45) is 7.79. The zero-order valence-electron chi connectivity index (χ0n) is 16.4. The minimum atomic E-state index is 0.00218. The van der Waals surface area contributed by atoms with E-state index >= 15 is 0 Å². The van der Waals surface area contributed by atoms with Crippen LogP contribution in [-0.4, -0.2) is 58.6 Å². The molecule has 0 saturated carbocycles. The molecule has 8 heteroatoms. The molecule has 1 fully saturated rings. The number of morpholine rings is 1. The molecule has 1 amide bonds. The summed E-state index contributed by atoms with van der Waals surface area (Å²) >= 11 is 0. The number of anilines is 2. The van der Waals surface area contributed by atoms with Crippen molar-refractivity contribution < 1.29 is 9.53 Å².